The highest BCUT2D eigenvalue weighted by Crippen LogP contribution is 2.31. The second kappa shape index (κ2) is 9.38. The molecule has 1 saturated carbocycles. The molecule has 1 aliphatic rings. The highest BCUT2D eigenvalue weighted by molar-refractivity contribution is 7.80. The van der Waals surface area contributed by atoms with Crippen molar-refractivity contribution < 1.29 is 0 Å². The third-order valence-electron chi connectivity index (χ3n) is 5.34. The lowest BCUT2D eigenvalue weighted by molar-refractivity contribution is 0.104. The van der Waals surface area contributed by atoms with E-state index in [0.717, 1.165) is 23.8 Å². The van der Waals surface area contributed by atoms with E-state index in [0.29, 0.717) is 0 Å². The highest BCUT2D eigenvalue weighted by Gasteiger charge is 2.34. The molecule has 0 radical (unpaired) electrons. The van der Waals surface area contributed by atoms with E-state index in [1.807, 2.05) is 0 Å². The molecule has 2 rings (SSSR count). The van der Waals surface area contributed by atoms with Gasteiger partial charge in [-0.05, 0) is 69.7 Å². The van der Waals surface area contributed by atoms with Gasteiger partial charge in [0.25, 0.3) is 0 Å². The van der Waals surface area contributed by atoms with Gasteiger partial charge >= 0.3 is 0 Å². The first-order valence-corrected chi connectivity index (χ1v) is 9.78. The molecule has 1 aromatic rings. The summed E-state index contributed by atoms with van der Waals surface area (Å²) in [6.07, 6.45) is 10.1. The van der Waals surface area contributed by atoms with Gasteiger partial charge in [0.2, 0.25) is 0 Å². The first-order valence-electron chi connectivity index (χ1n) is 9.37. The summed E-state index contributed by atoms with van der Waals surface area (Å²) in [6, 6.07) is 8.65. The van der Waals surface area contributed by atoms with E-state index in [9.17, 15) is 0 Å². The first kappa shape index (κ1) is 19.2. The summed E-state index contributed by atoms with van der Waals surface area (Å²) in [7, 11) is 4.39. The van der Waals surface area contributed by atoms with Crippen LogP contribution in [0.3, 0.4) is 0 Å². The van der Waals surface area contributed by atoms with Gasteiger partial charge in [0.05, 0.1) is 0 Å². The summed E-state index contributed by atoms with van der Waals surface area (Å²) >= 11 is 5.50. The summed E-state index contributed by atoms with van der Waals surface area (Å²) in [6.45, 7) is 3.15. The van der Waals surface area contributed by atoms with Crippen molar-refractivity contribution in [1.82, 2.24) is 10.2 Å². The molecule has 0 spiro atoms. The van der Waals surface area contributed by atoms with E-state index in [-0.39, 0.29) is 5.54 Å². The molecule has 24 heavy (non-hydrogen) atoms. The van der Waals surface area contributed by atoms with Crippen molar-refractivity contribution in [3.05, 3.63) is 29.8 Å². The predicted octanol–water partition coefficient (Wildman–Crippen LogP) is 4.58. The van der Waals surface area contributed by atoms with Crippen molar-refractivity contribution in [3.63, 3.8) is 0 Å². The fourth-order valence-corrected chi connectivity index (χ4v) is 3.74. The molecule has 1 fully saturated rings. The normalized spacial score (nSPS) is 16.8. The molecule has 0 heterocycles. The molecule has 0 amide bonds. The number of rotatable bonds is 7. The summed E-state index contributed by atoms with van der Waals surface area (Å²) < 4.78 is 0. The minimum absolute atomic E-state index is 0.244. The molecular weight excluding hydrogens is 314 g/mol. The van der Waals surface area contributed by atoms with E-state index in [2.05, 4.69) is 60.8 Å². The molecule has 0 saturated heterocycles. The van der Waals surface area contributed by atoms with Gasteiger partial charge in [-0.1, -0.05) is 44.7 Å². The number of anilines is 1. The quantitative estimate of drug-likeness (QED) is 0.706. The van der Waals surface area contributed by atoms with Crippen molar-refractivity contribution in [2.24, 2.45) is 0 Å². The Balaban J connectivity index is 1.84. The molecule has 0 aromatic heterocycles. The molecule has 0 bridgehead atoms. The Morgan fingerprint density at radius 2 is 1.79 bits per heavy atom. The Kier molecular flexibility index (Phi) is 7.50. The third-order valence-corrected chi connectivity index (χ3v) is 5.59. The molecule has 134 valence electrons. The number of likely N-dealkylation sites (N-methyl/N-ethyl adjacent to an activating group) is 1. The minimum atomic E-state index is 0.244. The van der Waals surface area contributed by atoms with Crippen LogP contribution >= 0.6 is 12.2 Å². The Morgan fingerprint density at radius 3 is 2.38 bits per heavy atom. The van der Waals surface area contributed by atoms with E-state index >= 15 is 0 Å². The lowest BCUT2D eigenvalue weighted by Gasteiger charge is -2.43. The second-order valence-corrected chi connectivity index (χ2v) is 7.70. The summed E-state index contributed by atoms with van der Waals surface area (Å²) in [5, 5.41) is 7.50. The van der Waals surface area contributed by atoms with Crippen LogP contribution in [0.2, 0.25) is 0 Å². The van der Waals surface area contributed by atoms with E-state index < -0.39 is 0 Å². The van der Waals surface area contributed by atoms with Crippen LogP contribution in [0, 0.1) is 0 Å². The Hall–Kier alpha value is -1.13. The SMILES string of the molecule is CCCCc1ccc(NC(=S)NCC2(N(C)C)CCCCC2)cc1. The average Bonchev–Trinajstić information content (AvgIpc) is 2.60. The van der Waals surface area contributed by atoms with Crippen molar-refractivity contribution in [2.75, 3.05) is 26.0 Å². The smallest absolute Gasteiger partial charge is 0.170 e. The van der Waals surface area contributed by atoms with Crippen molar-refractivity contribution in [3.8, 4) is 0 Å². The summed E-state index contributed by atoms with van der Waals surface area (Å²) in [5.41, 5.74) is 2.71. The van der Waals surface area contributed by atoms with Gasteiger partial charge in [-0.2, -0.15) is 0 Å². The number of aryl methyl sites for hydroxylation is 1. The molecule has 4 heteroatoms. The van der Waals surface area contributed by atoms with Crippen LogP contribution in [0.1, 0.15) is 57.4 Å². The zero-order valence-corrected chi connectivity index (χ0v) is 16.3. The number of hydrogen-bond acceptors (Lipinski definition) is 2. The Labute approximate surface area is 153 Å². The fraction of sp³-hybridized carbons (Fsp3) is 0.650. The van der Waals surface area contributed by atoms with Gasteiger partial charge in [0.15, 0.2) is 5.11 Å². The number of thiocarbonyl (C=S) groups is 1. The molecule has 3 nitrogen and oxygen atoms in total. The topological polar surface area (TPSA) is 27.3 Å². The number of nitrogens with one attached hydrogen (secondary N) is 2. The monoisotopic (exact) mass is 347 g/mol. The van der Waals surface area contributed by atoms with Gasteiger partial charge in [-0.3, -0.25) is 0 Å². The number of unbranched alkanes of at least 4 members (excludes halogenated alkanes) is 1. The average molecular weight is 348 g/mol. The maximum atomic E-state index is 5.50. The van der Waals surface area contributed by atoms with Crippen LogP contribution in [0.25, 0.3) is 0 Å². The van der Waals surface area contributed by atoms with Gasteiger partial charge in [-0.25, -0.2) is 0 Å². The molecule has 2 N–H and O–H groups in total. The van der Waals surface area contributed by atoms with Gasteiger partial charge in [0, 0.05) is 17.8 Å². The predicted molar refractivity (Wildman–Crippen MR) is 109 cm³/mol. The molecule has 0 unspecified atom stereocenters. The fourth-order valence-electron chi connectivity index (χ4n) is 3.55. The van der Waals surface area contributed by atoms with Crippen LogP contribution in [-0.2, 0) is 6.42 Å². The van der Waals surface area contributed by atoms with Crippen LogP contribution in [0.5, 0.6) is 0 Å². The molecule has 1 aromatic carbocycles. The van der Waals surface area contributed by atoms with E-state index in [1.165, 1.54) is 50.5 Å². The standard InChI is InChI=1S/C20H33N3S/c1-4-5-9-17-10-12-18(13-11-17)22-19(24)21-16-20(23(2)3)14-7-6-8-15-20/h10-13H,4-9,14-16H2,1-3H3,(H2,21,22,24). The van der Waals surface area contributed by atoms with Crippen molar-refractivity contribution in [2.45, 2.75) is 63.8 Å². The molecule has 0 atom stereocenters. The lowest BCUT2D eigenvalue weighted by atomic mass is 9.80. The summed E-state index contributed by atoms with van der Waals surface area (Å²) in [4.78, 5) is 2.38. The van der Waals surface area contributed by atoms with Crippen molar-refractivity contribution in [1.29, 1.82) is 0 Å². The zero-order valence-electron chi connectivity index (χ0n) is 15.5. The van der Waals surface area contributed by atoms with Crippen LogP contribution in [0.4, 0.5) is 5.69 Å². The number of hydrogen-bond donors (Lipinski definition) is 2. The van der Waals surface area contributed by atoms with E-state index in [1.54, 1.807) is 0 Å². The first-order chi connectivity index (χ1) is 11.6. The minimum Gasteiger partial charge on any atom is -0.361 e. The van der Waals surface area contributed by atoms with Crippen molar-refractivity contribution >= 4 is 23.0 Å². The largest absolute Gasteiger partial charge is 0.361 e. The molecule has 1 aliphatic carbocycles. The Morgan fingerprint density at radius 1 is 1.12 bits per heavy atom. The maximum absolute atomic E-state index is 5.50. The van der Waals surface area contributed by atoms with Gasteiger partial charge in [0.1, 0.15) is 0 Å². The number of benzene rings is 1. The Bertz CT molecular complexity index is 504. The number of nitrogens with zero attached hydrogens (tertiary/aromatic N) is 1. The zero-order chi connectivity index (χ0) is 17.4. The van der Waals surface area contributed by atoms with Gasteiger partial charge in [-0.15, -0.1) is 0 Å². The highest BCUT2D eigenvalue weighted by atomic mass is 32.1. The van der Waals surface area contributed by atoms with E-state index in [4.69, 9.17) is 12.2 Å². The van der Waals surface area contributed by atoms with Crippen LogP contribution < -0.4 is 10.6 Å². The molecule has 0 aliphatic heterocycles. The third kappa shape index (κ3) is 5.45. The van der Waals surface area contributed by atoms with Crippen LogP contribution in [-0.4, -0.2) is 36.2 Å². The summed E-state index contributed by atoms with van der Waals surface area (Å²) in [5.74, 6) is 0. The molecular formula is C20H33N3S. The van der Waals surface area contributed by atoms with Gasteiger partial charge < -0.3 is 15.5 Å². The second-order valence-electron chi connectivity index (χ2n) is 7.29. The van der Waals surface area contributed by atoms with Crippen LogP contribution in [0.15, 0.2) is 24.3 Å². The maximum Gasteiger partial charge on any atom is 0.170 e. The lowest BCUT2D eigenvalue weighted by Crippen LogP contribution is -2.54.